The number of carbonyl (C=O) groups is 1. The van der Waals surface area contributed by atoms with Gasteiger partial charge in [-0.3, -0.25) is 4.79 Å². The summed E-state index contributed by atoms with van der Waals surface area (Å²) in [6, 6.07) is -0.428. The molecule has 0 aliphatic carbocycles. The molecule has 0 bridgehead atoms. The summed E-state index contributed by atoms with van der Waals surface area (Å²) in [7, 11) is 1.63. The Labute approximate surface area is 95.0 Å². The van der Waals surface area contributed by atoms with Crippen molar-refractivity contribution >= 4 is 11.7 Å². The second-order valence-corrected chi connectivity index (χ2v) is 4.01. The predicted octanol–water partition coefficient (Wildman–Crippen LogP) is 0.149. The summed E-state index contributed by atoms with van der Waals surface area (Å²) in [5.74, 6) is -0.0922. The van der Waals surface area contributed by atoms with Crippen molar-refractivity contribution in [1.82, 2.24) is 4.90 Å². The average Bonchev–Trinajstić information content (AvgIpc) is 2.36. The van der Waals surface area contributed by atoms with E-state index in [1.807, 2.05) is 0 Å². The number of likely N-dealkylation sites (N-methyl/N-ethyl adjacent to an activating group) is 1. The van der Waals surface area contributed by atoms with Crippen molar-refractivity contribution in [2.45, 2.75) is 38.3 Å². The van der Waals surface area contributed by atoms with Gasteiger partial charge in [0.15, 0.2) is 5.84 Å². The van der Waals surface area contributed by atoms with E-state index in [4.69, 9.17) is 15.7 Å². The van der Waals surface area contributed by atoms with Gasteiger partial charge in [0.1, 0.15) is 6.10 Å². The zero-order chi connectivity index (χ0) is 12.1. The van der Waals surface area contributed by atoms with Gasteiger partial charge < -0.3 is 20.6 Å². The topological polar surface area (TPSA) is 88.2 Å². The van der Waals surface area contributed by atoms with Crippen LogP contribution in [0.2, 0.25) is 0 Å². The zero-order valence-electron chi connectivity index (χ0n) is 9.72. The van der Waals surface area contributed by atoms with Gasteiger partial charge in [0.05, 0.1) is 6.04 Å². The average molecular weight is 229 g/mol. The smallest absolute Gasteiger partial charge is 0.252 e. The van der Waals surface area contributed by atoms with Crippen molar-refractivity contribution < 1.29 is 14.7 Å². The van der Waals surface area contributed by atoms with Crippen molar-refractivity contribution in [1.29, 1.82) is 0 Å². The molecule has 92 valence electrons. The molecule has 0 aromatic rings. The van der Waals surface area contributed by atoms with Crippen molar-refractivity contribution in [3.63, 3.8) is 0 Å². The number of amidine groups is 1. The van der Waals surface area contributed by atoms with E-state index in [1.54, 1.807) is 14.0 Å². The lowest BCUT2D eigenvalue weighted by Gasteiger charge is -2.29. The standard InChI is InChI=1S/C10H19N3O3/c1-7(9(11)12-15)13(2)10(14)8-5-3-4-6-16-8/h7-8,15H,3-6H2,1-2H3,(H2,11,12). The molecule has 1 heterocycles. The molecule has 0 aromatic heterocycles. The van der Waals surface area contributed by atoms with Crippen LogP contribution < -0.4 is 5.73 Å². The first-order valence-electron chi connectivity index (χ1n) is 5.43. The van der Waals surface area contributed by atoms with Crippen LogP contribution in [0, 0.1) is 0 Å². The first kappa shape index (κ1) is 12.8. The summed E-state index contributed by atoms with van der Waals surface area (Å²) in [5.41, 5.74) is 5.45. The number of nitrogens with two attached hydrogens (primary N) is 1. The molecule has 0 aromatic carbocycles. The molecule has 1 aliphatic rings. The third kappa shape index (κ3) is 2.85. The summed E-state index contributed by atoms with van der Waals surface area (Å²) in [5, 5.41) is 11.4. The van der Waals surface area contributed by atoms with E-state index in [1.165, 1.54) is 4.90 Å². The second kappa shape index (κ2) is 5.69. The fourth-order valence-corrected chi connectivity index (χ4v) is 1.64. The Balaban J connectivity index is 2.58. The van der Waals surface area contributed by atoms with Gasteiger partial charge in [0.25, 0.3) is 5.91 Å². The van der Waals surface area contributed by atoms with Gasteiger partial charge in [0, 0.05) is 13.7 Å². The third-order valence-corrected chi connectivity index (χ3v) is 2.93. The molecule has 1 aliphatic heterocycles. The molecule has 6 nitrogen and oxygen atoms in total. The Hall–Kier alpha value is -1.30. The predicted molar refractivity (Wildman–Crippen MR) is 59.2 cm³/mol. The Morgan fingerprint density at radius 1 is 1.62 bits per heavy atom. The van der Waals surface area contributed by atoms with Crippen LogP contribution in [0.1, 0.15) is 26.2 Å². The van der Waals surface area contributed by atoms with Crippen LogP contribution in [0.15, 0.2) is 5.16 Å². The minimum absolute atomic E-state index is 0.0201. The minimum atomic E-state index is -0.428. The van der Waals surface area contributed by atoms with Crippen molar-refractivity contribution in [2.75, 3.05) is 13.7 Å². The van der Waals surface area contributed by atoms with E-state index >= 15 is 0 Å². The molecule has 0 radical (unpaired) electrons. The maximum Gasteiger partial charge on any atom is 0.252 e. The molecular formula is C10H19N3O3. The highest BCUT2D eigenvalue weighted by molar-refractivity contribution is 5.90. The molecule has 6 heteroatoms. The maximum absolute atomic E-state index is 12.0. The molecule has 1 fully saturated rings. The van der Waals surface area contributed by atoms with E-state index in [2.05, 4.69) is 5.16 Å². The van der Waals surface area contributed by atoms with E-state index in [-0.39, 0.29) is 17.8 Å². The van der Waals surface area contributed by atoms with Gasteiger partial charge in [0.2, 0.25) is 0 Å². The molecule has 0 saturated carbocycles. The van der Waals surface area contributed by atoms with Crippen molar-refractivity contribution in [3.05, 3.63) is 0 Å². The number of oxime groups is 1. The van der Waals surface area contributed by atoms with Gasteiger partial charge in [-0.1, -0.05) is 5.16 Å². The summed E-state index contributed by atoms with van der Waals surface area (Å²) in [6.07, 6.45) is 2.37. The lowest BCUT2D eigenvalue weighted by atomic mass is 10.1. The molecule has 2 atom stereocenters. The Bertz CT molecular complexity index is 274. The maximum atomic E-state index is 12.0. The van der Waals surface area contributed by atoms with E-state index in [9.17, 15) is 4.79 Å². The number of hydrogen-bond donors (Lipinski definition) is 2. The van der Waals surface area contributed by atoms with Crippen LogP contribution in [-0.2, 0) is 9.53 Å². The summed E-state index contributed by atoms with van der Waals surface area (Å²) >= 11 is 0. The monoisotopic (exact) mass is 229 g/mol. The highest BCUT2D eigenvalue weighted by atomic mass is 16.5. The third-order valence-electron chi connectivity index (χ3n) is 2.93. The highest BCUT2D eigenvalue weighted by Crippen LogP contribution is 2.15. The van der Waals surface area contributed by atoms with Crippen LogP contribution in [0.3, 0.4) is 0 Å². The Morgan fingerprint density at radius 3 is 2.81 bits per heavy atom. The number of carbonyl (C=O) groups excluding carboxylic acids is 1. The van der Waals surface area contributed by atoms with Gasteiger partial charge in [-0.2, -0.15) is 0 Å². The molecule has 3 N–H and O–H groups in total. The van der Waals surface area contributed by atoms with E-state index < -0.39 is 6.04 Å². The highest BCUT2D eigenvalue weighted by Gasteiger charge is 2.28. The summed E-state index contributed by atoms with van der Waals surface area (Å²) < 4.78 is 5.39. The van der Waals surface area contributed by atoms with Gasteiger partial charge >= 0.3 is 0 Å². The lowest BCUT2D eigenvalue weighted by molar-refractivity contribution is -0.145. The van der Waals surface area contributed by atoms with Crippen LogP contribution in [0.25, 0.3) is 0 Å². The molecule has 2 unspecified atom stereocenters. The second-order valence-electron chi connectivity index (χ2n) is 4.01. The summed E-state index contributed by atoms with van der Waals surface area (Å²) in [4.78, 5) is 13.4. The van der Waals surface area contributed by atoms with Gasteiger partial charge in [-0.15, -0.1) is 0 Å². The lowest BCUT2D eigenvalue weighted by Crippen LogP contribution is -2.48. The van der Waals surface area contributed by atoms with Gasteiger partial charge in [-0.05, 0) is 26.2 Å². The number of rotatable bonds is 3. The van der Waals surface area contributed by atoms with Crippen LogP contribution in [0.4, 0.5) is 0 Å². The molecule has 1 rings (SSSR count). The fourth-order valence-electron chi connectivity index (χ4n) is 1.64. The minimum Gasteiger partial charge on any atom is -0.409 e. The molecule has 0 spiro atoms. The fraction of sp³-hybridized carbons (Fsp3) is 0.800. The van der Waals surface area contributed by atoms with Crippen LogP contribution in [-0.4, -0.2) is 47.7 Å². The number of amides is 1. The first-order valence-corrected chi connectivity index (χ1v) is 5.43. The Kier molecular flexibility index (Phi) is 4.54. The molecule has 1 amide bonds. The van der Waals surface area contributed by atoms with Crippen LogP contribution in [0.5, 0.6) is 0 Å². The zero-order valence-corrected chi connectivity index (χ0v) is 9.72. The SMILES string of the molecule is CC(C(N)=NO)N(C)C(=O)C1CCCCO1. The van der Waals surface area contributed by atoms with E-state index in [0.717, 1.165) is 19.3 Å². The number of nitrogens with zero attached hydrogens (tertiary/aromatic N) is 2. The normalized spacial score (nSPS) is 23.9. The molecule has 1 saturated heterocycles. The van der Waals surface area contributed by atoms with Crippen molar-refractivity contribution in [3.8, 4) is 0 Å². The van der Waals surface area contributed by atoms with E-state index in [0.29, 0.717) is 6.61 Å². The quantitative estimate of drug-likeness (QED) is 0.312. The molecule has 16 heavy (non-hydrogen) atoms. The summed E-state index contributed by atoms with van der Waals surface area (Å²) in [6.45, 7) is 2.33. The number of hydrogen-bond acceptors (Lipinski definition) is 4. The first-order chi connectivity index (χ1) is 7.57. The largest absolute Gasteiger partial charge is 0.409 e. The van der Waals surface area contributed by atoms with Crippen LogP contribution >= 0.6 is 0 Å². The molecular weight excluding hydrogens is 210 g/mol. The number of ether oxygens (including phenoxy) is 1. The van der Waals surface area contributed by atoms with Gasteiger partial charge in [-0.25, -0.2) is 0 Å². The van der Waals surface area contributed by atoms with Crippen molar-refractivity contribution in [2.24, 2.45) is 10.9 Å². The Morgan fingerprint density at radius 2 is 2.31 bits per heavy atom.